The lowest BCUT2D eigenvalue weighted by Gasteiger charge is -2.32. The molecule has 0 bridgehead atoms. The second-order valence-electron chi connectivity index (χ2n) is 7.01. The summed E-state index contributed by atoms with van der Waals surface area (Å²) in [6.07, 6.45) is 1.21. The Morgan fingerprint density at radius 1 is 1.07 bits per heavy atom. The lowest BCUT2D eigenvalue weighted by Crippen LogP contribution is -2.43. The number of rotatable bonds is 5. The normalized spacial score (nSPS) is 15.7. The third kappa shape index (κ3) is 4.54. The average molecular weight is 381 g/mol. The summed E-state index contributed by atoms with van der Waals surface area (Å²) in [5.74, 6) is -0.266. The number of likely N-dealkylation sites (tertiary alicyclic amines) is 1. The average Bonchev–Trinajstić information content (AvgIpc) is 2.74. The molecule has 3 rings (SSSR count). The fourth-order valence-corrected chi connectivity index (χ4v) is 3.41. The van der Waals surface area contributed by atoms with Gasteiger partial charge in [0.1, 0.15) is 0 Å². The molecule has 1 atom stereocenters. The summed E-state index contributed by atoms with van der Waals surface area (Å²) in [5.41, 5.74) is 1.44. The van der Waals surface area contributed by atoms with Crippen LogP contribution in [-0.2, 0) is 4.79 Å². The van der Waals surface area contributed by atoms with E-state index in [9.17, 15) is 19.7 Å². The van der Waals surface area contributed by atoms with Crippen LogP contribution in [0.15, 0.2) is 54.6 Å². The first-order valence-corrected chi connectivity index (χ1v) is 9.34. The first-order chi connectivity index (χ1) is 13.5. The van der Waals surface area contributed by atoms with Crippen molar-refractivity contribution in [3.63, 3.8) is 0 Å². The molecule has 1 aliphatic rings. The van der Waals surface area contributed by atoms with Crippen LogP contribution in [0.4, 0.5) is 5.69 Å². The Balaban J connectivity index is 1.52. The van der Waals surface area contributed by atoms with Crippen LogP contribution in [0.25, 0.3) is 0 Å². The van der Waals surface area contributed by atoms with Gasteiger partial charge in [-0.25, -0.2) is 0 Å². The maximum atomic E-state index is 12.6. The van der Waals surface area contributed by atoms with E-state index in [4.69, 9.17) is 0 Å². The quantitative estimate of drug-likeness (QED) is 0.635. The number of nitro groups is 1. The fourth-order valence-electron chi connectivity index (χ4n) is 3.41. The monoisotopic (exact) mass is 381 g/mol. The summed E-state index contributed by atoms with van der Waals surface area (Å²) in [4.78, 5) is 37.1. The van der Waals surface area contributed by atoms with E-state index in [1.165, 1.54) is 24.3 Å². The Morgan fingerprint density at radius 3 is 2.25 bits per heavy atom. The van der Waals surface area contributed by atoms with Gasteiger partial charge in [0, 0.05) is 36.7 Å². The summed E-state index contributed by atoms with van der Waals surface area (Å²) < 4.78 is 0. The van der Waals surface area contributed by atoms with E-state index in [1.54, 1.807) is 4.90 Å². The maximum absolute atomic E-state index is 12.6. The Bertz CT molecular complexity index is 844. The molecule has 1 saturated heterocycles. The van der Waals surface area contributed by atoms with Crippen LogP contribution in [0.5, 0.6) is 0 Å². The predicted molar refractivity (Wildman–Crippen MR) is 105 cm³/mol. The van der Waals surface area contributed by atoms with E-state index < -0.39 is 4.92 Å². The molecule has 0 aromatic heterocycles. The molecule has 7 nitrogen and oxygen atoms in total. The molecular formula is C21H23N3O4. The van der Waals surface area contributed by atoms with E-state index in [0.29, 0.717) is 31.5 Å². The summed E-state index contributed by atoms with van der Waals surface area (Å²) in [6, 6.07) is 15.3. The molecule has 1 N–H and O–H groups in total. The Labute approximate surface area is 163 Å². The Hall–Kier alpha value is -3.22. The molecule has 28 heavy (non-hydrogen) atoms. The van der Waals surface area contributed by atoms with Crippen molar-refractivity contribution in [1.82, 2.24) is 10.2 Å². The number of piperidine rings is 1. The molecule has 7 heteroatoms. The molecule has 0 spiro atoms. The number of carbonyl (C=O) groups excluding carboxylic acids is 2. The van der Waals surface area contributed by atoms with Crippen LogP contribution >= 0.6 is 0 Å². The standard InChI is InChI=1S/C21H23N3O4/c1-15(16-5-3-2-4-6-16)22-20(25)17-11-13-23(14-12-17)21(26)18-7-9-19(10-8-18)24(27)28/h2-10,15,17H,11-14H2,1H3,(H,22,25)/t15-/m0/s1. The second kappa shape index (κ2) is 8.65. The van der Waals surface area contributed by atoms with Crippen LogP contribution in [0.2, 0.25) is 0 Å². The smallest absolute Gasteiger partial charge is 0.269 e. The highest BCUT2D eigenvalue weighted by molar-refractivity contribution is 5.94. The van der Waals surface area contributed by atoms with Crippen molar-refractivity contribution >= 4 is 17.5 Å². The fraction of sp³-hybridized carbons (Fsp3) is 0.333. The van der Waals surface area contributed by atoms with Gasteiger partial charge in [0.2, 0.25) is 5.91 Å². The van der Waals surface area contributed by atoms with Gasteiger partial charge in [-0.1, -0.05) is 30.3 Å². The zero-order chi connectivity index (χ0) is 20.1. The van der Waals surface area contributed by atoms with Gasteiger partial charge in [-0.2, -0.15) is 0 Å². The third-order valence-corrected chi connectivity index (χ3v) is 5.14. The number of nitrogens with one attached hydrogen (secondary N) is 1. The second-order valence-corrected chi connectivity index (χ2v) is 7.01. The molecule has 0 radical (unpaired) electrons. The molecule has 2 aromatic rings. The molecule has 1 fully saturated rings. The minimum Gasteiger partial charge on any atom is -0.349 e. The Kier molecular flexibility index (Phi) is 6.03. The highest BCUT2D eigenvalue weighted by Crippen LogP contribution is 2.22. The van der Waals surface area contributed by atoms with Gasteiger partial charge >= 0.3 is 0 Å². The van der Waals surface area contributed by atoms with E-state index >= 15 is 0 Å². The molecule has 0 unspecified atom stereocenters. The molecule has 1 aliphatic heterocycles. The summed E-state index contributed by atoms with van der Waals surface area (Å²) in [7, 11) is 0. The SMILES string of the molecule is C[C@H](NC(=O)C1CCN(C(=O)c2ccc([N+](=O)[O-])cc2)CC1)c1ccccc1. The zero-order valence-electron chi connectivity index (χ0n) is 15.7. The first-order valence-electron chi connectivity index (χ1n) is 9.34. The molecule has 146 valence electrons. The van der Waals surface area contributed by atoms with Gasteiger partial charge in [0.05, 0.1) is 11.0 Å². The molecule has 2 amide bonds. The number of nitrogens with zero attached hydrogens (tertiary/aromatic N) is 2. The van der Waals surface area contributed by atoms with Gasteiger partial charge in [0.25, 0.3) is 11.6 Å². The van der Waals surface area contributed by atoms with Gasteiger partial charge in [-0.15, -0.1) is 0 Å². The number of benzene rings is 2. The van der Waals surface area contributed by atoms with Crippen molar-refractivity contribution in [2.75, 3.05) is 13.1 Å². The number of hydrogen-bond acceptors (Lipinski definition) is 4. The largest absolute Gasteiger partial charge is 0.349 e. The number of hydrogen-bond donors (Lipinski definition) is 1. The van der Waals surface area contributed by atoms with Crippen LogP contribution in [-0.4, -0.2) is 34.7 Å². The van der Waals surface area contributed by atoms with Crippen molar-refractivity contribution in [2.24, 2.45) is 5.92 Å². The molecule has 0 saturated carbocycles. The van der Waals surface area contributed by atoms with Crippen LogP contribution in [0.3, 0.4) is 0 Å². The van der Waals surface area contributed by atoms with E-state index in [-0.39, 0.29) is 29.5 Å². The van der Waals surface area contributed by atoms with Crippen molar-refractivity contribution in [2.45, 2.75) is 25.8 Å². The molecule has 1 heterocycles. The molecular weight excluding hydrogens is 358 g/mol. The van der Waals surface area contributed by atoms with Gasteiger partial charge in [0.15, 0.2) is 0 Å². The molecule has 2 aromatic carbocycles. The zero-order valence-corrected chi connectivity index (χ0v) is 15.7. The number of carbonyl (C=O) groups is 2. The van der Waals surface area contributed by atoms with Crippen LogP contribution in [0.1, 0.15) is 41.7 Å². The topological polar surface area (TPSA) is 92.6 Å². The number of amides is 2. The van der Waals surface area contributed by atoms with Crippen LogP contribution < -0.4 is 5.32 Å². The van der Waals surface area contributed by atoms with Crippen molar-refractivity contribution in [3.05, 3.63) is 75.8 Å². The highest BCUT2D eigenvalue weighted by Gasteiger charge is 2.28. The third-order valence-electron chi connectivity index (χ3n) is 5.14. The highest BCUT2D eigenvalue weighted by atomic mass is 16.6. The lowest BCUT2D eigenvalue weighted by molar-refractivity contribution is -0.384. The van der Waals surface area contributed by atoms with Crippen LogP contribution in [0, 0.1) is 16.0 Å². The minimum atomic E-state index is -0.491. The van der Waals surface area contributed by atoms with E-state index in [1.807, 2.05) is 37.3 Å². The predicted octanol–water partition coefficient (Wildman–Crippen LogP) is 3.32. The maximum Gasteiger partial charge on any atom is 0.269 e. The molecule has 0 aliphatic carbocycles. The number of non-ortho nitro benzene ring substituents is 1. The van der Waals surface area contributed by atoms with Gasteiger partial charge < -0.3 is 10.2 Å². The minimum absolute atomic E-state index is 0.0128. The van der Waals surface area contributed by atoms with E-state index in [0.717, 1.165) is 5.56 Å². The Morgan fingerprint density at radius 2 is 1.68 bits per heavy atom. The lowest BCUT2D eigenvalue weighted by atomic mass is 9.94. The summed E-state index contributed by atoms with van der Waals surface area (Å²) >= 11 is 0. The van der Waals surface area contributed by atoms with E-state index in [2.05, 4.69) is 5.32 Å². The number of nitro benzene ring substituents is 1. The van der Waals surface area contributed by atoms with Crippen molar-refractivity contribution in [3.8, 4) is 0 Å². The van der Waals surface area contributed by atoms with Crippen molar-refractivity contribution in [1.29, 1.82) is 0 Å². The van der Waals surface area contributed by atoms with Gasteiger partial charge in [-0.05, 0) is 37.5 Å². The van der Waals surface area contributed by atoms with Crippen molar-refractivity contribution < 1.29 is 14.5 Å². The summed E-state index contributed by atoms with van der Waals surface area (Å²) in [5, 5.41) is 13.8. The van der Waals surface area contributed by atoms with Gasteiger partial charge in [-0.3, -0.25) is 19.7 Å². The first kappa shape index (κ1) is 19.5. The summed E-state index contributed by atoms with van der Waals surface area (Å²) in [6.45, 7) is 2.95.